The average Bonchev–Trinajstić information content (AvgIpc) is 2.44. The van der Waals surface area contributed by atoms with E-state index in [1.165, 1.54) is 0 Å². The molecule has 1 aromatic carbocycles. The molecule has 5 nitrogen and oxygen atoms in total. The number of benzene rings is 1. The lowest BCUT2D eigenvalue weighted by Crippen LogP contribution is -2.42. The second-order valence-corrected chi connectivity index (χ2v) is 5.19. The summed E-state index contributed by atoms with van der Waals surface area (Å²) in [6.07, 6.45) is 0. The molecule has 110 valence electrons. The fraction of sp³-hybridized carbons (Fsp3) is 0.500. The smallest absolute Gasteiger partial charge is 0.323 e. The fourth-order valence-corrected chi connectivity index (χ4v) is 2.41. The van der Waals surface area contributed by atoms with E-state index in [4.69, 9.17) is 21.4 Å². The van der Waals surface area contributed by atoms with E-state index in [1.54, 1.807) is 12.1 Å². The Labute approximate surface area is 123 Å². The van der Waals surface area contributed by atoms with Crippen molar-refractivity contribution in [3.8, 4) is 0 Å². The van der Waals surface area contributed by atoms with Gasteiger partial charge in [-0.25, -0.2) is 0 Å². The van der Waals surface area contributed by atoms with Gasteiger partial charge in [-0.3, -0.25) is 9.69 Å². The third-order valence-electron chi connectivity index (χ3n) is 3.29. The maximum absolute atomic E-state index is 11.0. The SMILES string of the molecule is O=C(O)CN(CCN1CCOCC1)c1cccc(Cl)c1. The largest absolute Gasteiger partial charge is 0.480 e. The summed E-state index contributed by atoms with van der Waals surface area (Å²) in [4.78, 5) is 15.1. The number of carboxylic acids is 1. The Hall–Kier alpha value is -1.30. The monoisotopic (exact) mass is 298 g/mol. The van der Waals surface area contributed by atoms with Gasteiger partial charge < -0.3 is 14.7 Å². The molecule has 0 atom stereocenters. The normalized spacial score (nSPS) is 16.1. The zero-order valence-corrected chi connectivity index (χ0v) is 12.1. The van der Waals surface area contributed by atoms with E-state index in [1.807, 2.05) is 17.0 Å². The summed E-state index contributed by atoms with van der Waals surface area (Å²) in [5.41, 5.74) is 0.841. The van der Waals surface area contributed by atoms with Gasteiger partial charge in [-0.15, -0.1) is 0 Å². The van der Waals surface area contributed by atoms with Crippen LogP contribution < -0.4 is 4.90 Å². The lowest BCUT2D eigenvalue weighted by molar-refractivity contribution is -0.135. The molecule has 0 saturated carbocycles. The van der Waals surface area contributed by atoms with E-state index in [0.29, 0.717) is 11.6 Å². The Morgan fingerprint density at radius 3 is 2.80 bits per heavy atom. The highest BCUT2D eigenvalue weighted by atomic mass is 35.5. The lowest BCUT2D eigenvalue weighted by atomic mass is 10.2. The molecule has 0 unspecified atom stereocenters. The average molecular weight is 299 g/mol. The van der Waals surface area contributed by atoms with E-state index in [0.717, 1.165) is 38.5 Å². The van der Waals surface area contributed by atoms with E-state index < -0.39 is 5.97 Å². The van der Waals surface area contributed by atoms with Gasteiger partial charge in [-0.05, 0) is 18.2 Å². The van der Waals surface area contributed by atoms with Crippen molar-refractivity contribution in [2.75, 3.05) is 50.8 Å². The van der Waals surface area contributed by atoms with Crippen LogP contribution in [0.4, 0.5) is 5.69 Å². The molecule has 1 N–H and O–H groups in total. The predicted molar refractivity (Wildman–Crippen MR) is 78.6 cm³/mol. The molecular weight excluding hydrogens is 280 g/mol. The van der Waals surface area contributed by atoms with Crippen molar-refractivity contribution < 1.29 is 14.6 Å². The van der Waals surface area contributed by atoms with Crippen LogP contribution in [0.25, 0.3) is 0 Å². The van der Waals surface area contributed by atoms with E-state index in [2.05, 4.69) is 4.90 Å². The Balaban J connectivity index is 1.97. The Kier molecular flexibility index (Phi) is 5.64. The van der Waals surface area contributed by atoms with Gasteiger partial charge in [-0.1, -0.05) is 17.7 Å². The van der Waals surface area contributed by atoms with Crippen molar-refractivity contribution in [2.45, 2.75) is 0 Å². The number of halogens is 1. The molecule has 20 heavy (non-hydrogen) atoms. The summed E-state index contributed by atoms with van der Waals surface area (Å²) < 4.78 is 5.30. The molecule has 0 spiro atoms. The number of aliphatic carboxylic acids is 1. The van der Waals surface area contributed by atoms with Crippen molar-refractivity contribution in [3.63, 3.8) is 0 Å². The summed E-state index contributed by atoms with van der Waals surface area (Å²) >= 11 is 5.97. The molecule has 0 radical (unpaired) electrons. The standard InChI is InChI=1S/C14H19ClN2O3/c15-12-2-1-3-13(10-12)17(11-14(18)19)5-4-16-6-8-20-9-7-16/h1-3,10H,4-9,11H2,(H,18,19). The minimum atomic E-state index is -0.841. The maximum atomic E-state index is 11.0. The van der Waals surface area contributed by atoms with E-state index in [9.17, 15) is 4.79 Å². The number of carbonyl (C=O) groups is 1. The van der Waals surface area contributed by atoms with Crippen molar-refractivity contribution in [1.29, 1.82) is 0 Å². The van der Waals surface area contributed by atoms with E-state index >= 15 is 0 Å². The van der Waals surface area contributed by atoms with Gasteiger partial charge in [-0.2, -0.15) is 0 Å². The number of morpholine rings is 1. The summed E-state index contributed by atoms with van der Waals surface area (Å²) in [5.74, 6) is -0.841. The van der Waals surface area contributed by atoms with Gasteiger partial charge in [0, 0.05) is 36.9 Å². The predicted octanol–water partition coefficient (Wildman–Crippen LogP) is 1.56. The molecule has 0 bridgehead atoms. The molecule has 1 aliphatic rings. The highest BCUT2D eigenvalue weighted by Gasteiger charge is 2.15. The number of hydrogen-bond donors (Lipinski definition) is 1. The van der Waals surface area contributed by atoms with Crippen LogP contribution in [0, 0.1) is 0 Å². The van der Waals surface area contributed by atoms with Crippen molar-refractivity contribution in [3.05, 3.63) is 29.3 Å². The van der Waals surface area contributed by atoms with Gasteiger partial charge in [0.05, 0.1) is 13.2 Å². The molecule has 2 rings (SSSR count). The molecule has 6 heteroatoms. The number of ether oxygens (including phenoxy) is 1. The second-order valence-electron chi connectivity index (χ2n) is 4.75. The first kappa shape index (κ1) is 15.1. The molecule has 0 aromatic heterocycles. The van der Waals surface area contributed by atoms with Crippen molar-refractivity contribution >= 4 is 23.3 Å². The van der Waals surface area contributed by atoms with Crippen LogP contribution in [0.15, 0.2) is 24.3 Å². The first-order valence-electron chi connectivity index (χ1n) is 6.67. The van der Waals surface area contributed by atoms with Gasteiger partial charge >= 0.3 is 5.97 Å². The van der Waals surface area contributed by atoms with Crippen LogP contribution >= 0.6 is 11.6 Å². The number of carboxylic acid groups (broad SMARTS) is 1. The Morgan fingerprint density at radius 1 is 1.40 bits per heavy atom. The first-order valence-corrected chi connectivity index (χ1v) is 7.05. The van der Waals surface area contributed by atoms with Gasteiger partial charge in [0.2, 0.25) is 0 Å². The quantitative estimate of drug-likeness (QED) is 0.864. The molecular formula is C14H19ClN2O3. The fourth-order valence-electron chi connectivity index (χ4n) is 2.22. The summed E-state index contributed by atoms with van der Waals surface area (Å²) in [7, 11) is 0. The van der Waals surface area contributed by atoms with Crippen LogP contribution in [0.2, 0.25) is 5.02 Å². The van der Waals surface area contributed by atoms with Crippen LogP contribution in [0.3, 0.4) is 0 Å². The van der Waals surface area contributed by atoms with Gasteiger partial charge in [0.15, 0.2) is 0 Å². The third kappa shape index (κ3) is 4.67. The topological polar surface area (TPSA) is 53.0 Å². The van der Waals surface area contributed by atoms with Crippen LogP contribution in [0.5, 0.6) is 0 Å². The Bertz CT molecular complexity index is 450. The molecule has 1 saturated heterocycles. The Morgan fingerprint density at radius 2 is 2.15 bits per heavy atom. The molecule has 1 aromatic rings. The van der Waals surface area contributed by atoms with Crippen molar-refractivity contribution in [2.24, 2.45) is 0 Å². The zero-order valence-electron chi connectivity index (χ0n) is 11.3. The summed E-state index contributed by atoms with van der Waals surface area (Å²) in [6, 6.07) is 7.30. The van der Waals surface area contributed by atoms with E-state index in [-0.39, 0.29) is 6.54 Å². The molecule has 0 amide bonds. The highest BCUT2D eigenvalue weighted by molar-refractivity contribution is 6.30. The minimum Gasteiger partial charge on any atom is -0.480 e. The summed E-state index contributed by atoms with van der Waals surface area (Å²) in [5, 5.41) is 9.66. The molecule has 1 fully saturated rings. The lowest BCUT2D eigenvalue weighted by Gasteiger charge is -2.30. The number of rotatable bonds is 6. The minimum absolute atomic E-state index is 0.0231. The second kappa shape index (κ2) is 7.47. The number of nitrogens with zero attached hydrogens (tertiary/aromatic N) is 2. The molecule has 1 aliphatic heterocycles. The third-order valence-corrected chi connectivity index (χ3v) is 3.52. The zero-order chi connectivity index (χ0) is 14.4. The van der Waals surface area contributed by atoms with Crippen LogP contribution in [0.1, 0.15) is 0 Å². The van der Waals surface area contributed by atoms with Gasteiger partial charge in [0.25, 0.3) is 0 Å². The first-order chi connectivity index (χ1) is 9.65. The van der Waals surface area contributed by atoms with Gasteiger partial charge in [0.1, 0.15) is 6.54 Å². The summed E-state index contributed by atoms with van der Waals surface area (Å²) in [6.45, 7) is 4.75. The molecule has 1 heterocycles. The number of hydrogen-bond acceptors (Lipinski definition) is 4. The van der Waals surface area contributed by atoms with Crippen LogP contribution in [-0.2, 0) is 9.53 Å². The van der Waals surface area contributed by atoms with Crippen LogP contribution in [-0.4, -0.2) is 61.9 Å². The van der Waals surface area contributed by atoms with Crippen molar-refractivity contribution in [1.82, 2.24) is 4.90 Å². The number of anilines is 1. The maximum Gasteiger partial charge on any atom is 0.323 e. The highest BCUT2D eigenvalue weighted by Crippen LogP contribution is 2.19. The molecule has 0 aliphatic carbocycles.